The first kappa shape index (κ1) is 49.8. The molecule has 0 saturated carbocycles. The van der Waals surface area contributed by atoms with Crippen LogP contribution in [0.5, 0.6) is 0 Å². The third kappa shape index (κ3) is 34.3. The van der Waals surface area contributed by atoms with Crippen LogP contribution in [0.3, 0.4) is 0 Å². The minimum absolute atomic E-state index is 0.190. The van der Waals surface area contributed by atoms with Gasteiger partial charge in [-0.15, -0.1) is 0 Å². The zero-order valence-electron chi connectivity index (χ0n) is 34.7. The molecule has 0 rings (SSSR count). The molecule has 51 heavy (non-hydrogen) atoms. The van der Waals surface area contributed by atoms with Gasteiger partial charge in [-0.05, 0) is 19.3 Å². The maximum atomic E-state index is 13.3. The molecule has 0 heterocycles. The largest absolute Gasteiger partial charge is 0.383 e. The second kappa shape index (κ2) is 40.0. The van der Waals surface area contributed by atoms with E-state index in [2.05, 4.69) is 26.1 Å². The summed E-state index contributed by atoms with van der Waals surface area (Å²) in [5, 5.41) is 13.8. The second-order valence-electron chi connectivity index (χ2n) is 16.0. The maximum absolute atomic E-state index is 13.3. The Hall–Kier alpha value is -1.23. The number of ketones is 2. The number of hydrogen-bond acceptors (Lipinski definition) is 4. The lowest BCUT2D eigenvalue weighted by Gasteiger charge is -2.22. The number of carbonyl (C=O) groups is 3. The van der Waals surface area contributed by atoms with Crippen molar-refractivity contribution < 1.29 is 19.5 Å². The van der Waals surface area contributed by atoms with Crippen molar-refractivity contribution in [3.63, 3.8) is 0 Å². The molecule has 1 amide bonds. The lowest BCUT2D eigenvalue weighted by molar-refractivity contribution is -0.137. The van der Waals surface area contributed by atoms with Crippen molar-refractivity contribution in [3.05, 3.63) is 0 Å². The topological polar surface area (TPSA) is 83.5 Å². The molecule has 2 N–H and O–H groups in total. The van der Waals surface area contributed by atoms with Gasteiger partial charge in [-0.1, -0.05) is 226 Å². The fraction of sp³-hybridized carbons (Fsp3) is 0.935. The lowest BCUT2D eigenvalue weighted by atomic mass is 9.95. The average Bonchev–Trinajstić information content (AvgIpc) is 3.13. The van der Waals surface area contributed by atoms with Crippen molar-refractivity contribution >= 4 is 17.5 Å². The van der Waals surface area contributed by atoms with E-state index in [9.17, 15) is 19.5 Å². The SMILES string of the molecule is CCCCCCCCCCCCCCCC(=O)C(O)C(NC(=O)CCCCCCCCCCC)C(=O)CCCCCCCCCCCCCCC. The van der Waals surface area contributed by atoms with Crippen LogP contribution in [-0.2, 0) is 14.4 Å². The first-order chi connectivity index (χ1) is 25.0. The zero-order valence-corrected chi connectivity index (χ0v) is 34.7. The normalized spacial score (nSPS) is 12.6. The monoisotopic (exact) mass is 720 g/mol. The number of rotatable bonds is 42. The molecule has 0 radical (unpaired) electrons. The van der Waals surface area contributed by atoms with Gasteiger partial charge in [0.15, 0.2) is 11.6 Å². The molecule has 0 aromatic carbocycles. The number of aliphatic hydroxyl groups excluding tert-OH is 1. The fourth-order valence-electron chi connectivity index (χ4n) is 7.30. The molecule has 0 spiro atoms. The third-order valence-electron chi connectivity index (χ3n) is 10.9. The predicted octanol–water partition coefficient (Wildman–Crippen LogP) is 13.9. The van der Waals surface area contributed by atoms with Crippen LogP contribution in [0.25, 0.3) is 0 Å². The molecule has 0 saturated heterocycles. The van der Waals surface area contributed by atoms with Crippen molar-refractivity contribution in [2.45, 2.75) is 277 Å². The minimum atomic E-state index is -1.44. The Morgan fingerprint density at radius 2 is 0.588 bits per heavy atom. The summed E-state index contributed by atoms with van der Waals surface area (Å²) >= 11 is 0. The van der Waals surface area contributed by atoms with Gasteiger partial charge in [-0.3, -0.25) is 14.4 Å². The number of Topliss-reactive ketones (excluding diaryl/α,β-unsaturated/α-hetero) is 2. The molecule has 0 bridgehead atoms. The van der Waals surface area contributed by atoms with Crippen molar-refractivity contribution in [3.8, 4) is 0 Å². The Morgan fingerprint density at radius 3 is 0.882 bits per heavy atom. The summed E-state index contributed by atoms with van der Waals surface area (Å²) in [7, 11) is 0. The number of amides is 1. The standard InChI is InChI=1S/C46H89NO4/c1-4-7-10-13-16-19-21-23-25-28-30-33-36-39-42(48)45(47-44(50)41-38-35-32-27-18-15-12-9-6-3)46(51)43(49)40-37-34-31-29-26-24-22-20-17-14-11-8-5-2/h45-46,51H,4-41H2,1-3H3,(H,47,50). The van der Waals surface area contributed by atoms with Crippen LogP contribution >= 0.6 is 0 Å². The Labute approximate surface area is 318 Å². The highest BCUT2D eigenvalue weighted by Gasteiger charge is 2.32. The first-order valence-corrected chi connectivity index (χ1v) is 23.0. The Kier molecular flexibility index (Phi) is 39.0. The number of hydrogen-bond donors (Lipinski definition) is 2. The molecule has 0 aliphatic heterocycles. The summed E-state index contributed by atoms with van der Waals surface area (Å²) < 4.78 is 0. The van der Waals surface area contributed by atoms with Gasteiger partial charge < -0.3 is 10.4 Å². The Bertz CT molecular complexity index is 768. The molecule has 0 fully saturated rings. The van der Waals surface area contributed by atoms with Crippen LogP contribution in [0.15, 0.2) is 0 Å². The lowest BCUT2D eigenvalue weighted by Crippen LogP contribution is -2.51. The van der Waals surface area contributed by atoms with E-state index in [4.69, 9.17) is 0 Å². The first-order valence-electron chi connectivity index (χ1n) is 23.0. The van der Waals surface area contributed by atoms with Crippen LogP contribution in [0.1, 0.15) is 265 Å². The molecule has 2 atom stereocenters. The van der Waals surface area contributed by atoms with Crippen molar-refractivity contribution in [1.82, 2.24) is 5.32 Å². The van der Waals surface area contributed by atoms with Gasteiger partial charge in [0, 0.05) is 19.3 Å². The zero-order chi connectivity index (χ0) is 37.5. The van der Waals surface area contributed by atoms with E-state index in [0.29, 0.717) is 12.8 Å². The van der Waals surface area contributed by atoms with Gasteiger partial charge >= 0.3 is 0 Å². The minimum Gasteiger partial charge on any atom is -0.383 e. The van der Waals surface area contributed by atoms with Crippen LogP contribution in [0, 0.1) is 0 Å². The van der Waals surface area contributed by atoms with Crippen molar-refractivity contribution in [2.24, 2.45) is 0 Å². The van der Waals surface area contributed by atoms with Gasteiger partial charge in [-0.25, -0.2) is 0 Å². The highest BCUT2D eigenvalue weighted by molar-refractivity contribution is 5.96. The molecular formula is C46H89NO4. The molecule has 302 valence electrons. The number of nitrogens with one attached hydrogen (secondary N) is 1. The molecule has 0 aromatic heterocycles. The van der Waals surface area contributed by atoms with Gasteiger partial charge in [0.25, 0.3) is 0 Å². The molecule has 0 aliphatic carbocycles. The highest BCUT2D eigenvalue weighted by atomic mass is 16.3. The summed E-state index contributed by atoms with van der Waals surface area (Å²) in [6.07, 6.45) is 42.1. The number of aliphatic hydroxyl groups is 1. The van der Waals surface area contributed by atoms with E-state index < -0.39 is 12.1 Å². The van der Waals surface area contributed by atoms with Crippen molar-refractivity contribution in [1.29, 1.82) is 0 Å². The maximum Gasteiger partial charge on any atom is 0.220 e. The fourth-order valence-corrected chi connectivity index (χ4v) is 7.30. The molecule has 5 heteroatoms. The van der Waals surface area contributed by atoms with Gasteiger partial charge in [0.05, 0.1) is 0 Å². The summed E-state index contributed by atoms with van der Waals surface area (Å²) in [6, 6.07) is -1.11. The van der Waals surface area contributed by atoms with E-state index >= 15 is 0 Å². The summed E-state index contributed by atoms with van der Waals surface area (Å²) in [6.45, 7) is 6.76. The predicted molar refractivity (Wildman–Crippen MR) is 220 cm³/mol. The van der Waals surface area contributed by atoms with Crippen LogP contribution in [0.2, 0.25) is 0 Å². The van der Waals surface area contributed by atoms with Gasteiger partial charge in [0.1, 0.15) is 12.1 Å². The number of carbonyl (C=O) groups excluding carboxylic acids is 3. The van der Waals surface area contributed by atoms with E-state index in [-0.39, 0.29) is 23.9 Å². The second-order valence-corrected chi connectivity index (χ2v) is 16.0. The van der Waals surface area contributed by atoms with Crippen LogP contribution < -0.4 is 5.32 Å². The molecule has 0 aromatic rings. The molecule has 5 nitrogen and oxygen atoms in total. The van der Waals surface area contributed by atoms with E-state index in [1.165, 1.54) is 167 Å². The summed E-state index contributed by atoms with van der Waals surface area (Å²) in [5.41, 5.74) is 0. The van der Waals surface area contributed by atoms with Crippen LogP contribution in [-0.4, -0.2) is 34.7 Å². The highest BCUT2D eigenvalue weighted by Crippen LogP contribution is 2.17. The average molecular weight is 720 g/mol. The van der Waals surface area contributed by atoms with Crippen molar-refractivity contribution in [2.75, 3.05) is 0 Å². The Balaban J connectivity index is 4.48. The molecule has 0 aliphatic rings. The Morgan fingerprint density at radius 1 is 0.353 bits per heavy atom. The van der Waals surface area contributed by atoms with Gasteiger partial charge in [-0.2, -0.15) is 0 Å². The summed E-state index contributed by atoms with van der Waals surface area (Å²) in [5.74, 6) is -0.704. The molecule has 2 unspecified atom stereocenters. The third-order valence-corrected chi connectivity index (χ3v) is 10.9. The van der Waals surface area contributed by atoms with E-state index in [0.717, 1.165) is 57.8 Å². The number of unbranched alkanes of at least 4 members (excludes halogenated alkanes) is 32. The van der Waals surface area contributed by atoms with E-state index in [1.807, 2.05) is 0 Å². The molecular weight excluding hydrogens is 631 g/mol. The summed E-state index contributed by atoms with van der Waals surface area (Å²) in [4.78, 5) is 39.2. The smallest absolute Gasteiger partial charge is 0.220 e. The quantitative estimate of drug-likeness (QED) is 0.0615. The van der Waals surface area contributed by atoms with E-state index in [1.54, 1.807) is 0 Å². The van der Waals surface area contributed by atoms with Gasteiger partial charge in [0.2, 0.25) is 5.91 Å². The van der Waals surface area contributed by atoms with Crippen LogP contribution in [0.4, 0.5) is 0 Å².